The Morgan fingerprint density at radius 2 is 2.10 bits per heavy atom. The molecule has 0 unspecified atom stereocenters. The van der Waals surface area contributed by atoms with E-state index in [2.05, 4.69) is 34.5 Å². The van der Waals surface area contributed by atoms with Gasteiger partial charge in [-0.15, -0.1) is 5.10 Å². The Morgan fingerprint density at radius 1 is 1.30 bits per heavy atom. The minimum atomic E-state index is 0.392. The molecular formula is C13H21N5O2. The highest BCUT2D eigenvalue weighted by Gasteiger charge is 2.09. The third-order valence-corrected chi connectivity index (χ3v) is 2.56. The lowest BCUT2D eigenvalue weighted by atomic mass is 10.1. The van der Waals surface area contributed by atoms with Gasteiger partial charge in [0.2, 0.25) is 5.89 Å². The van der Waals surface area contributed by atoms with Crippen molar-refractivity contribution in [2.45, 2.75) is 33.4 Å². The van der Waals surface area contributed by atoms with Gasteiger partial charge in [-0.05, 0) is 26.4 Å². The summed E-state index contributed by atoms with van der Waals surface area (Å²) in [6.45, 7) is 5.40. The highest BCUT2D eigenvalue weighted by molar-refractivity contribution is 5.19. The summed E-state index contributed by atoms with van der Waals surface area (Å²) in [5.41, 5.74) is 0.968. The maximum atomic E-state index is 5.45. The molecule has 2 aromatic rings. The first kappa shape index (κ1) is 14.5. The molecule has 0 aliphatic heterocycles. The van der Waals surface area contributed by atoms with Crippen molar-refractivity contribution in [3.8, 4) is 0 Å². The lowest BCUT2D eigenvalue weighted by molar-refractivity contribution is 0.343. The summed E-state index contributed by atoms with van der Waals surface area (Å²) < 4.78 is 10.7. The highest BCUT2D eigenvalue weighted by atomic mass is 16.5. The van der Waals surface area contributed by atoms with E-state index in [4.69, 9.17) is 8.94 Å². The number of hydrogen-bond acceptors (Lipinski definition) is 7. The predicted octanol–water partition coefficient (Wildman–Crippen LogP) is 1.93. The van der Waals surface area contributed by atoms with E-state index >= 15 is 0 Å². The fourth-order valence-corrected chi connectivity index (χ4v) is 1.78. The lowest BCUT2D eigenvalue weighted by Gasteiger charge is -2.03. The smallest absolute Gasteiger partial charge is 0.315 e. The zero-order valence-electron chi connectivity index (χ0n) is 12.4. The molecule has 20 heavy (non-hydrogen) atoms. The van der Waals surface area contributed by atoms with Gasteiger partial charge >= 0.3 is 6.01 Å². The molecule has 2 rings (SSSR count). The normalized spacial score (nSPS) is 11.5. The molecule has 0 aliphatic rings. The summed E-state index contributed by atoms with van der Waals surface area (Å²) in [5, 5.41) is 14.9. The Balaban J connectivity index is 1.85. The van der Waals surface area contributed by atoms with Crippen molar-refractivity contribution in [2.75, 3.05) is 19.4 Å². The minimum absolute atomic E-state index is 0.392. The maximum absolute atomic E-state index is 5.45. The second kappa shape index (κ2) is 6.51. The second-order valence-corrected chi connectivity index (χ2v) is 5.47. The fourth-order valence-electron chi connectivity index (χ4n) is 1.78. The summed E-state index contributed by atoms with van der Waals surface area (Å²) in [6, 6.07) is 2.34. The monoisotopic (exact) mass is 279 g/mol. The van der Waals surface area contributed by atoms with Gasteiger partial charge in [0.25, 0.3) is 0 Å². The molecule has 1 N–H and O–H groups in total. The van der Waals surface area contributed by atoms with Crippen LogP contribution in [-0.4, -0.2) is 34.3 Å². The first-order valence-electron chi connectivity index (χ1n) is 6.68. The average molecular weight is 279 g/mol. The molecule has 7 heteroatoms. The van der Waals surface area contributed by atoms with Crippen LogP contribution in [0.1, 0.15) is 31.2 Å². The number of hydrogen-bond donors (Lipinski definition) is 1. The molecule has 7 nitrogen and oxygen atoms in total. The molecule has 110 valence electrons. The van der Waals surface area contributed by atoms with Crippen LogP contribution in [0.2, 0.25) is 0 Å². The molecule has 0 aliphatic carbocycles. The van der Waals surface area contributed by atoms with E-state index in [-0.39, 0.29) is 0 Å². The fraction of sp³-hybridized carbons (Fsp3) is 0.615. The summed E-state index contributed by atoms with van der Waals surface area (Å²) in [4.78, 5) is 1.96. The second-order valence-electron chi connectivity index (χ2n) is 5.47. The van der Waals surface area contributed by atoms with Crippen LogP contribution in [0.25, 0.3) is 0 Å². The number of anilines is 1. The van der Waals surface area contributed by atoms with E-state index in [0.29, 0.717) is 30.9 Å². The van der Waals surface area contributed by atoms with Gasteiger partial charge in [0.05, 0.1) is 18.8 Å². The zero-order valence-corrected chi connectivity index (χ0v) is 12.4. The average Bonchev–Trinajstić information content (AvgIpc) is 2.94. The van der Waals surface area contributed by atoms with Crippen molar-refractivity contribution < 1.29 is 8.94 Å². The Kier molecular flexibility index (Phi) is 4.73. The van der Waals surface area contributed by atoms with E-state index in [1.165, 1.54) is 0 Å². The number of nitrogens with one attached hydrogen (secondary N) is 1. The number of aromatic nitrogens is 3. The van der Waals surface area contributed by atoms with Crippen molar-refractivity contribution in [2.24, 2.45) is 5.92 Å². The largest absolute Gasteiger partial charge is 0.407 e. The summed E-state index contributed by atoms with van der Waals surface area (Å²) in [7, 11) is 3.89. The third kappa shape index (κ3) is 4.34. The molecule has 0 aromatic carbocycles. The topological polar surface area (TPSA) is 80.2 Å². The molecular weight excluding hydrogens is 258 g/mol. The van der Waals surface area contributed by atoms with Gasteiger partial charge in [-0.1, -0.05) is 24.1 Å². The molecule has 0 amide bonds. The molecule has 0 atom stereocenters. The van der Waals surface area contributed by atoms with Gasteiger partial charge < -0.3 is 19.2 Å². The molecule has 0 radical (unpaired) electrons. The van der Waals surface area contributed by atoms with Crippen molar-refractivity contribution in [3.05, 3.63) is 23.4 Å². The van der Waals surface area contributed by atoms with Gasteiger partial charge in [-0.2, -0.15) is 0 Å². The van der Waals surface area contributed by atoms with E-state index in [0.717, 1.165) is 17.9 Å². The third-order valence-electron chi connectivity index (χ3n) is 2.56. The van der Waals surface area contributed by atoms with Crippen LogP contribution in [0.15, 0.2) is 15.0 Å². The first-order valence-corrected chi connectivity index (χ1v) is 6.68. The standard InChI is InChI=1S/C13H21N5O2/c1-9(2)5-10-6-11(20-17-10)7-14-13-16-15-12(19-13)8-18(3)4/h6,9H,5,7-8H2,1-4H3,(H,14,16). The Morgan fingerprint density at radius 3 is 2.80 bits per heavy atom. The van der Waals surface area contributed by atoms with Crippen LogP contribution < -0.4 is 5.32 Å². The molecule has 2 heterocycles. The zero-order chi connectivity index (χ0) is 14.5. The van der Waals surface area contributed by atoms with Crippen LogP contribution in [-0.2, 0) is 19.5 Å². The molecule has 0 spiro atoms. The summed E-state index contributed by atoms with van der Waals surface area (Å²) >= 11 is 0. The Labute approximate surface area is 118 Å². The predicted molar refractivity (Wildman–Crippen MR) is 74.1 cm³/mol. The molecule has 0 saturated heterocycles. The van der Waals surface area contributed by atoms with Gasteiger partial charge in [-0.3, -0.25) is 0 Å². The van der Waals surface area contributed by atoms with Gasteiger partial charge in [-0.25, -0.2) is 0 Å². The van der Waals surface area contributed by atoms with Crippen LogP contribution >= 0.6 is 0 Å². The van der Waals surface area contributed by atoms with Gasteiger partial charge in [0, 0.05) is 6.07 Å². The van der Waals surface area contributed by atoms with Crippen molar-refractivity contribution in [1.29, 1.82) is 0 Å². The highest BCUT2D eigenvalue weighted by Crippen LogP contribution is 2.12. The van der Waals surface area contributed by atoms with Gasteiger partial charge in [0.1, 0.15) is 0 Å². The van der Waals surface area contributed by atoms with E-state index in [1.54, 1.807) is 0 Å². The lowest BCUT2D eigenvalue weighted by Crippen LogP contribution is -2.10. The van der Waals surface area contributed by atoms with Crippen LogP contribution in [0.3, 0.4) is 0 Å². The summed E-state index contributed by atoms with van der Waals surface area (Å²) in [6.07, 6.45) is 0.914. The van der Waals surface area contributed by atoms with Crippen molar-refractivity contribution >= 4 is 6.01 Å². The van der Waals surface area contributed by atoms with E-state index in [1.807, 2.05) is 25.1 Å². The van der Waals surface area contributed by atoms with Crippen molar-refractivity contribution in [3.63, 3.8) is 0 Å². The molecule has 2 aromatic heterocycles. The quantitative estimate of drug-likeness (QED) is 0.829. The number of rotatable bonds is 7. The minimum Gasteiger partial charge on any atom is -0.407 e. The molecule has 0 bridgehead atoms. The number of nitrogens with zero attached hydrogens (tertiary/aromatic N) is 4. The Bertz CT molecular complexity index is 484. The van der Waals surface area contributed by atoms with Crippen LogP contribution in [0.4, 0.5) is 6.01 Å². The molecule has 0 fully saturated rings. The van der Waals surface area contributed by atoms with Gasteiger partial charge in [0.15, 0.2) is 5.76 Å². The van der Waals surface area contributed by atoms with Crippen molar-refractivity contribution in [1.82, 2.24) is 20.3 Å². The first-order chi connectivity index (χ1) is 9.52. The SMILES string of the molecule is CC(C)Cc1cc(CNc2nnc(CN(C)C)o2)on1. The maximum Gasteiger partial charge on any atom is 0.315 e. The molecule has 0 saturated carbocycles. The van der Waals surface area contributed by atoms with Crippen LogP contribution in [0, 0.1) is 5.92 Å². The summed E-state index contributed by atoms with van der Waals surface area (Å²) in [5.74, 6) is 1.90. The Hall–Kier alpha value is -1.89. The van der Waals surface area contributed by atoms with E-state index in [9.17, 15) is 0 Å². The van der Waals surface area contributed by atoms with E-state index < -0.39 is 0 Å². The van der Waals surface area contributed by atoms with Crippen LogP contribution in [0.5, 0.6) is 0 Å².